The fourth-order valence-electron chi connectivity index (χ4n) is 8.10. The van der Waals surface area contributed by atoms with E-state index in [1.54, 1.807) is 0 Å². The van der Waals surface area contributed by atoms with Gasteiger partial charge in [-0.25, -0.2) is 4.98 Å². The monoisotopic (exact) mass is 626 g/mol. The lowest BCUT2D eigenvalue weighted by molar-refractivity contribution is 1.19. The summed E-state index contributed by atoms with van der Waals surface area (Å²) >= 11 is 1.89. The Kier molecular flexibility index (Phi) is 5.29. The van der Waals surface area contributed by atoms with Crippen LogP contribution in [-0.2, 0) is 0 Å². The number of benzene rings is 8. The summed E-state index contributed by atoms with van der Waals surface area (Å²) in [6.45, 7) is 0. The summed E-state index contributed by atoms with van der Waals surface area (Å²) in [6, 6.07) is 57.4. The maximum absolute atomic E-state index is 5.38. The van der Waals surface area contributed by atoms with E-state index in [0.717, 1.165) is 22.5 Å². The average Bonchev–Trinajstić information content (AvgIpc) is 3.70. The van der Waals surface area contributed by atoms with Gasteiger partial charge in [-0.1, -0.05) is 127 Å². The van der Waals surface area contributed by atoms with Crippen LogP contribution in [-0.4, -0.2) is 9.55 Å². The van der Waals surface area contributed by atoms with Crippen molar-refractivity contribution < 1.29 is 0 Å². The van der Waals surface area contributed by atoms with Gasteiger partial charge in [-0.15, -0.1) is 11.3 Å². The highest BCUT2D eigenvalue weighted by Crippen LogP contribution is 2.45. The average molecular weight is 627 g/mol. The lowest BCUT2D eigenvalue weighted by atomic mass is 9.90. The molecule has 3 heteroatoms. The Morgan fingerprint density at radius 2 is 1.00 bits per heavy atom. The Balaban J connectivity index is 1.21. The molecule has 0 spiro atoms. The molecular weight excluding hydrogens is 601 g/mol. The van der Waals surface area contributed by atoms with Crippen LogP contribution in [0.2, 0.25) is 0 Å². The van der Waals surface area contributed by atoms with E-state index in [2.05, 4.69) is 162 Å². The van der Waals surface area contributed by atoms with E-state index in [1.165, 1.54) is 79.7 Å². The molecule has 0 N–H and O–H groups in total. The summed E-state index contributed by atoms with van der Waals surface area (Å²) in [5, 5.41) is 13.9. The van der Waals surface area contributed by atoms with Crippen molar-refractivity contribution in [1.29, 1.82) is 0 Å². The summed E-state index contributed by atoms with van der Waals surface area (Å²) in [5.41, 5.74) is 6.79. The number of rotatable bonds is 2. The predicted molar refractivity (Wildman–Crippen MR) is 207 cm³/mol. The molecule has 0 saturated heterocycles. The first kappa shape index (κ1) is 26.1. The van der Waals surface area contributed by atoms with Gasteiger partial charge in [0.25, 0.3) is 0 Å². The minimum Gasteiger partial charge on any atom is -0.308 e. The van der Waals surface area contributed by atoms with Crippen LogP contribution in [0.3, 0.4) is 0 Å². The van der Waals surface area contributed by atoms with E-state index < -0.39 is 0 Å². The molecule has 0 radical (unpaired) electrons. The van der Waals surface area contributed by atoms with Crippen LogP contribution < -0.4 is 0 Å². The SMILES string of the molecule is c1ccc2c(c1)nc(-c1ccc(-n3c4ccccc4c4ccc5c6ccccc6sc5c43)cc1)c1c3ccccc3c3ccccc3c21. The number of nitrogens with zero attached hydrogens (tertiary/aromatic N) is 2. The molecule has 8 aromatic carbocycles. The van der Waals surface area contributed by atoms with Gasteiger partial charge < -0.3 is 4.57 Å². The Labute approximate surface area is 279 Å². The molecule has 11 rings (SSSR count). The normalized spacial score (nSPS) is 12.2. The molecule has 222 valence electrons. The third-order valence-electron chi connectivity index (χ3n) is 10.2. The van der Waals surface area contributed by atoms with E-state index >= 15 is 0 Å². The largest absolute Gasteiger partial charge is 0.308 e. The highest BCUT2D eigenvalue weighted by Gasteiger charge is 2.20. The van der Waals surface area contributed by atoms with Crippen LogP contribution in [0.1, 0.15) is 0 Å². The number of para-hydroxylation sites is 2. The van der Waals surface area contributed by atoms with Gasteiger partial charge in [0.15, 0.2) is 0 Å². The molecule has 2 nitrogen and oxygen atoms in total. The number of hydrogen-bond donors (Lipinski definition) is 0. The number of fused-ring (bicyclic) bond motifs is 15. The predicted octanol–water partition coefficient (Wildman–Crippen LogP) is 12.8. The second-order valence-electron chi connectivity index (χ2n) is 12.7. The van der Waals surface area contributed by atoms with E-state index in [4.69, 9.17) is 4.98 Å². The second-order valence-corrected chi connectivity index (χ2v) is 13.7. The number of pyridine rings is 1. The third-order valence-corrected chi connectivity index (χ3v) is 11.3. The number of thiophene rings is 1. The van der Waals surface area contributed by atoms with Crippen LogP contribution in [0, 0.1) is 0 Å². The van der Waals surface area contributed by atoms with Crippen LogP contribution in [0.5, 0.6) is 0 Å². The zero-order chi connectivity index (χ0) is 31.3. The summed E-state index contributed by atoms with van der Waals surface area (Å²) in [4.78, 5) is 5.38. The van der Waals surface area contributed by atoms with E-state index in [1.807, 2.05) is 11.3 Å². The van der Waals surface area contributed by atoms with Crippen LogP contribution in [0.25, 0.3) is 102 Å². The van der Waals surface area contributed by atoms with Crippen molar-refractivity contribution in [2.45, 2.75) is 0 Å². The molecule has 48 heavy (non-hydrogen) atoms. The van der Waals surface area contributed by atoms with Gasteiger partial charge in [0, 0.05) is 53.7 Å². The molecule has 0 atom stereocenters. The molecule has 3 aromatic heterocycles. The van der Waals surface area contributed by atoms with Gasteiger partial charge in [0.1, 0.15) is 0 Å². The van der Waals surface area contributed by atoms with E-state index in [9.17, 15) is 0 Å². The number of aromatic nitrogens is 2. The van der Waals surface area contributed by atoms with Gasteiger partial charge in [0.05, 0.1) is 26.9 Å². The molecule has 0 bridgehead atoms. The van der Waals surface area contributed by atoms with E-state index in [-0.39, 0.29) is 0 Å². The lowest BCUT2D eigenvalue weighted by Crippen LogP contribution is -1.95. The van der Waals surface area contributed by atoms with Gasteiger partial charge in [-0.2, -0.15) is 0 Å². The zero-order valence-corrected chi connectivity index (χ0v) is 26.6. The van der Waals surface area contributed by atoms with Crippen LogP contribution >= 0.6 is 11.3 Å². The summed E-state index contributed by atoms with van der Waals surface area (Å²) in [6.07, 6.45) is 0. The summed E-state index contributed by atoms with van der Waals surface area (Å²) < 4.78 is 5.11. The fourth-order valence-corrected chi connectivity index (χ4v) is 9.34. The Bertz CT molecular complexity index is 3110. The first-order valence-corrected chi connectivity index (χ1v) is 17.2. The van der Waals surface area contributed by atoms with Crippen molar-refractivity contribution in [3.05, 3.63) is 158 Å². The molecule has 0 saturated carbocycles. The van der Waals surface area contributed by atoms with Crippen molar-refractivity contribution in [2.24, 2.45) is 0 Å². The zero-order valence-electron chi connectivity index (χ0n) is 25.8. The van der Waals surface area contributed by atoms with Crippen LogP contribution in [0.4, 0.5) is 0 Å². The first-order chi connectivity index (χ1) is 23.8. The highest BCUT2D eigenvalue weighted by molar-refractivity contribution is 7.26. The Morgan fingerprint density at radius 1 is 0.417 bits per heavy atom. The summed E-state index contributed by atoms with van der Waals surface area (Å²) in [5.74, 6) is 0. The first-order valence-electron chi connectivity index (χ1n) is 16.4. The molecule has 3 heterocycles. The molecule has 0 unspecified atom stereocenters. The van der Waals surface area contributed by atoms with Gasteiger partial charge in [-0.05, 0) is 51.9 Å². The summed E-state index contributed by atoms with van der Waals surface area (Å²) in [7, 11) is 0. The quantitative estimate of drug-likeness (QED) is 0.175. The van der Waals surface area contributed by atoms with Gasteiger partial charge in [0.2, 0.25) is 0 Å². The maximum Gasteiger partial charge on any atom is 0.0794 e. The smallest absolute Gasteiger partial charge is 0.0794 e. The van der Waals surface area contributed by atoms with E-state index in [0.29, 0.717) is 0 Å². The Hall–Kier alpha value is -6.03. The Morgan fingerprint density at radius 3 is 1.77 bits per heavy atom. The molecular formula is C45H26N2S. The van der Waals surface area contributed by atoms with Gasteiger partial charge in [-0.3, -0.25) is 0 Å². The fraction of sp³-hybridized carbons (Fsp3) is 0. The van der Waals surface area contributed by atoms with Crippen molar-refractivity contribution in [2.75, 3.05) is 0 Å². The lowest BCUT2D eigenvalue weighted by Gasteiger charge is -2.16. The second kappa shape index (κ2) is 9.74. The molecule has 0 aliphatic rings. The van der Waals surface area contributed by atoms with Crippen molar-refractivity contribution in [1.82, 2.24) is 9.55 Å². The highest BCUT2D eigenvalue weighted by atomic mass is 32.1. The standard InChI is InChI=1S/C45H26N2S/c1-3-15-33-29(11-1)30-12-2-4-16-34(30)42-41(33)37-17-5-8-18-38(37)46-43(42)27-21-23-28(24-22-27)47-39-19-9-6-13-31(39)35-25-26-36-32-14-7-10-20-40(32)48-45(36)44(35)47/h1-26H. The molecule has 0 fully saturated rings. The molecule has 0 aliphatic heterocycles. The van der Waals surface area contributed by atoms with Gasteiger partial charge >= 0.3 is 0 Å². The molecule has 0 aliphatic carbocycles. The minimum absolute atomic E-state index is 1.01. The van der Waals surface area contributed by atoms with Crippen molar-refractivity contribution in [3.8, 4) is 16.9 Å². The third kappa shape index (κ3) is 3.49. The molecule has 11 aromatic rings. The topological polar surface area (TPSA) is 17.8 Å². The minimum atomic E-state index is 1.01. The van der Waals surface area contributed by atoms with Crippen LogP contribution in [0.15, 0.2) is 158 Å². The van der Waals surface area contributed by atoms with Crippen molar-refractivity contribution >= 4 is 96.5 Å². The maximum atomic E-state index is 5.38. The van der Waals surface area contributed by atoms with Crippen molar-refractivity contribution in [3.63, 3.8) is 0 Å². The number of hydrogen-bond acceptors (Lipinski definition) is 2. The molecule has 0 amide bonds.